The lowest BCUT2D eigenvalue weighted by molar-refractivity contribution is 0.0109. The molecule has 0 heterocycles. The maximum Gasteiger partial charge on any atom is 0.261 e. The molecule has 68 valence electrons. The predicted octanol–water partition coefficient (Wildman–Crippen LogP) is -0.0222. The molecule has 0 aliphatic carbocycles. The van der Waals surface area contributed by atoms with Crippen LogP contribution in [0.15, 0.2) is 0 Å². The quantitative estimate of drug-likeness (QED) is 0.587. The van der Waals surface area contributed by atoms with E-state index in [2.05, 4.69) is 4.74 Å². The van der Waals surface area contributed by atoms with Gasteiger partial charge in [-0.3, -0.25) is 0 Å². The summed E-state index contributed by atoms with van der Waals surface area (Å²) in [7, 11) is 0. The van der Waals surface area contributed by atoms with E-state index in [1.807, 2.05) is 0 Å². The third-order valence-corrected chi connectivity index (χ3v) is 1.08. The lowest BCUT2D eigenvalue weighted by atomic mass is 10.2. The molecule has 3 N–H and O–H groups in total. The molecule has 0 aromatic rings. The van der Waals surface area contributed by atoms with E-state index in [1.165, 1.54) is 0 Å². The van der Waals surface area contributed by atoms with Gasteiger partial charge >= 0.3 is 0 Å². The number of hydrogen-bond acceptors (Lipinski definition) is 3. The van der Waals surface area contributed by atoms with E-state index >= 15 is 0 Å². The molecular weight excluding hydrogens is 156 g/mol. The van der Waals surface area contributed by atoms with Gasteiger partial charge < -0.3 is 15.6 Å². The fourth-order valence-corrected chi connectivity index (χ4v) is 0.558. The Balaban J connectivity index is 3.10. The number of hydrogen-bond donors (Lipinski definition) is 2. The van der Waals surface area contributed by atoms with Crippen LogP contribution in [0, 0.1) is 0 Å². The predicted molar refractivity (Wildman–Crippen MR) is 36.5 cm³/mol. The van der Waals surface area contributed by atoms with E-state index in [-0.39, 0.29) is 19.3 Å². The summed E-state index contributed by atoms with van der Waals surface area (Å²) < 4.78 is 27.4. The second-order valence-electron chi connectivity index (χ2n) is 2.20. The Bertz CT molecular complexity index is 92.7. The molecule has 0 aromatic carbocycles. The highest BCUT2D eigenvalue weighted by molar-refractivity contribution is 4.58. The number of alkyl halides is 2. The van der Waals surface area contributed by atoms with Crippen molar-refractivity contribution < 1.29 is 18.6 Å². The van der Waals surface area contributed by atoms with Gasteiger partial charge in [0.2, 0.25) is 0 Å². The maximum absolute atomic E-state index is 11.5. The van der Waals surface area contributed by atoms with Gasteiger partial charge in [-0.2, -0.15) is 0 Å². The molecule has 5 heteroatoms. The second-order valence-corrected chi connectivity index (χ2v) is 2.20. The van der Waals surface area contributed by atoms with Crippen LogP contribution in [0.1, 0.15) is 6.42 Å². The van der Waals surface area contributed by atoms with Crippen molar-refractivity contribution in [1.82, 2.24) is 0 Å². The topological polar surface area (TPSA) is 55.5 Å². The van der Waals surface area contributed by atoms with Crippen molar-refractivity contribution in [2.75, 3.05) is 19.8 Å². The fraction of sp³-hybridized carbons (Fsp3) is 1.00. The number of halogens is 2. The summed E-state index contributed by atoms with van der Waals surface area (Å²) in [5.74, 6) is 0. The van der Waals surface area contributed by atoms with Gasteiger partial charge in [0.1, 0.15) is 6.61 Å². The van der Waals surface area contributed by atoms with Crippen LogP contribution in [0.3, 0.4) is 0 Å². The second kappa shape index (κ2) is 6.45. The summed E-state index contributed by atoms with van der Waals surface area (Å²) in [5, 5.41) is 8.36. The van der Waals surface area contributed by atoms with Crippen LogP contribution in [-0.4, -0.2) is 37.4 Å². The molecule has 1 unspecified atom stereocenters. The van der Waals surface area contributed by atoms with Crippen LogP contribution in [0.25, 0.3) is 0 Å². The van der Waals surface area contributed by atoms with Gasteiger partial charge in [0, 0.05) is 12.6 Å². The maximum atomic E-state index is 11.5. The molecule has 0 fully saturated rings. The minimum absolute atomic E-state index is 0.0425. The van der Waals surface area contributed by atoms with E-state index < -0.39 is 13.0 Å². The molecule has 0 amide bonds. The Hall–Kier alpha value is -0.260. The summed E-state index contributed by atoms with van der Waals surface area (Å²) >= 11 is 0. The Morgan fingerprint density at radius 2 is 2.00 bits per heavy atom. The molecule has 0 rings (SSSR count). The monoisotopic (exact) mass is 169 g/mol. The average Bonchev–Trinajstić information content (AvgIpc) is 1.87. The fourth-order valence-electron chi connectivity index (χ4n) is 0.558. The molecule has 0 saturated carbocycles. The summed E-state index contributed by atoms with van der Waals surface area (Å²) in [6.07, 6.45) is -2.07. The zero-order valence-corrected chi connectivity index (χ0v) is 6.17. The highest BCUT2D eigenvalue weighted by Crippen LogP contribution is 1.94. The van der Waals surface area contributed by atoms with Crippen LogP contribution in [0.2, 0.25) is 0 Å². The highest BCUT2D eigenvalue weighted by Gasteiger charge is 2.05. The Morgan fingerprint density at radius 1 is 1.36 bits per heavy atom. The van der Waals surface area contributed by atoms with Crippen molar-refractivity contribution in [2.45, 2.75) is 18.9 Å². The first-order chi connectivity index (χ1) is 5.16. The van der Waals surface area contributed by atoms with Crippen molar-refractivity contribution in [3.8, 4) is 0 Å². The number of aliphatic hydroxyl groups is 1. The van der Waals surface area contributed by atoms with Crippen molar-refractivity contribution in [3.63, 3.8) is 0 Å². The lowest BCUT2D eigenvalue weighted by Gasteiger charge is -2.09. The molecule has 0 aliphatic heterocycles. The van der Waals surface area contributed by atoms with Gasteiger partial charge in [-0.05, 0) is 6.42 Å². The molecule has 0 bridgehead atoms. The van der Waals surface area contributed by atoms with E-state index in [0.29, 0.717) is 6.42 Å². The van der Waals surface area contributed by atoms with Gasteiger partial charge in [-0.25, -0.2) is 8.78 Å². The molecule has 0 aromatic heterocycles. The zero-order valence-electron chi connectivity index (χ0n) is 6.17. The Labute approximate surface area is 64.1 Å². The number of nitrogens with two attached hydrogens (primary N) is 1. The number of aliphatic hydroxyl groups excluding tert-OH is 1. The molecule has 0 spiro atoms. The molecule has 0 aliphatic rings. The van der Waals surface area contributed by atoms with E-state index in [0.717, 1.165) is 0 Å². The van der Waals surface area contributed by atoms with Gasteiger partial charge in [0.05, 0.1) is 6.61 Å². The highest BCUT2D eigenvalue weighted by atomic mass is 19.3. The summed E-state index contributed by atoms with van der Waals surface area (Å²) in [6, 6.07) is -0.348. The van der Waals surface area contributed by atoms with Crippen molar-refractivity contribution in [2.24, 2.45) is 5.73 Å². The van der Waals surface area contributed by atoms with E-state index in [1.54, 1.807) is 0 Å². The lowest BCUT2D eigenvalue weighted by Crippen LogP contribution is -2.28. The average molecular weight is 169 g/mol. The third-order valence-electron chi connectivity index (χ3n) is 1.08. The standard InChI is InChI=1S/C6H13F2NO2/c7-6(8)4-11-3-5(9)1-2-10/h5-6,10H,1-4,9H2. The van der Waals surface area contributed by atoms with Crippen molar-refractivity contribution in [3.05, 3.63) is 0 Å². The smallest absolute Gasteiger partial charge is 0.261 e. The van der Waals surface area contributed by atoms with Crippen LogP contribution in [-0.2, 0) is 4.74 Å². The largest absolute Gasteiger partial charge is 0.396 e. The van der Waals surface area contributed by atoms with Crippen LogP contribution < -0.4 is 5.73 Å². The normalized spacial score (nSPS) is 13.9. The zero-order chi connectivity index (χ0) is 8.69. The minimum Gasteiger partial charge on any atom is -0.396 e. The Kier molecular flexibility index (Phi) is 6.30. The van der Waals surface area contributed by atoms with Crippen LogP contribution in [0.5, 0.6) is 0 Å². The van der Waals surface area contributed by atoms with Gasteiger partial charge in [-0.15, -0.1) is 0 Å². The summed E-state index contributed by atoms with van der Waals surface area (Å²) in [6.45, 7) is -0.552. The molecule has 11 heavy (non-hydrogen) atoms. The third kappa shape index (κ3) is 7.64. The first-order valence-corrected chi connectivity index (χ1v) is 3.39. The molecule has 0 radical (unpaired) electrons. The molecule has 3 nitrogen and oxygen atoms in total. The summed E-state index contributed by atoms with van der Waals surface area (Å²) in [4.78, 5) is 0. The van der Waals surface area contributed by atoms with Crippen molar-refractivity contribution in [1.29, 1.82) is 0 Å². The van der Waals surface area contributed by atoms with Gasteiger partial charge in [-0.1, -0.05) is 0 Å². The molecular formula is C6H13F2NO2. The van der Waals surface area contributed by atoms with Crippen LogP contribution >= 0.6 is 0 Å². The number of rotatable bonds is 6. The first-order valence-electron chi connectivity index (χ1n) is 3.39. The SMILES string of the molecule is NC(CCO)COCC(F)F. The molecule has 1 atom stereocenters. The van der Waals surface area contributed by atoms with Crippen molar-refractivity contribution >= 4 is 0 Å². The van der Waals surface area contributed by atoms with Gasteiger partial charge in [0.25, 0.3) is 6.43 Å². The van der Waals surface area contributed by atoms with Gasteiger partial charge in [0.15, 0.2) is 0 Å². The minimum atomic E-state index is -2.45. The number of ether oxygens (including phenoxy) is 1. The van der Waals surface area contributed by atoms with E-state index in [9.17, 15) is 8.78 Å². The Morgan fingerprint density at radius 3 is 2.45 bits per heavy atom. The first kappa shape index (κ1) is 10.7. The molecule has 0 saturated heterocycles. The van der Waals surface area contributed by atoms with Crippen LogP contribution in [0.4, 0.5) is 8.78 Å². The van der Waals surface area contributed by atoms with E-state index in [4.69, 9.17) is 10.8 Å². The summed E-state index contributed by atoms with van der Waals surface area (Å²) in [5.41, 5.74) is 5.34.